The molecule has 36 valence electrons. The summed E-state index contributed by atoms with van der Waals surface area (Å²) in [4.78, 5) is 0. The maximum atomic E-state index is 5.06. The first-order valence-corrected chi connectivity index (χ1v) is 1.80. The van der Waals surface area contributed by atoms with Gasteiger partial charge in [-0.15, -0.1) is 0 Å². The van der Waals surface area contributed by atoms with Crippen molar-refractivity contribution in [3.8, 4) is 12.5 Å². The Kier molecular flexibility index (Phi) is 13.3. The van der Waals surface area contributed by atoms with E-state index in [4.69, 9.17) is 12.2 Å². The van der Waals surface area contributed by atoms with Crippen molar-refractivity contribution in [2.24, 2.45) is 5.73 Å². The third-order valence-electron chi connectivity index (χ3n) is 0.371. The molecule has 0 aliphatic rings. The molecule has 0 saturated heterocycles. The Morgan fingerprint density at radius 1 is 1.71 bits per heavy atom. The molecule has 0 amide bonds. The monoisotopic (exact) mass is 92.1 g/mol. The minimum absolute atomic E-state index is 0. The van der Waals surface area contributed by atoms with Crippen LogP contribution in [0.4, 0.5) is 0 Å². The van der Waals surface area contributed by atoms with E-state index in [9.17, 15) is 0 Å². The summed E-state index contributed by atoms with van der Waals surface area (Å²) in [7, 11) is 0. The van der Waals surface area contributed by atoms with Crippen LogP contribution in [0.1, 0.15) is 0 Å². The normalized spacial score (nSPS) is 5.71. The van der Waals surface area contributed by atoms with Gasteiger partial charge >= 0.3 is 18.9 Å². The fourth-order valence-corrected chi connectivity index (χ4v) is 0.144. The second-order valence-electron chi connectivity index (χ2n) is 0.860. The predicted octanol–water partition coefficient (Wildman–Crippen LogP) is -1.52. The molecular formula is C4H9LiN2. The van der Waals surface area contributed by atoms with Crippen molar-refractivity contribution >= 4 is 18.9 Å². The van der Waals surface area contributed by atoms with Gasteiger partial charge in [-0.05, 0) is 0 Å². The molecule has 0 aromatic rings. The molecule has 3 N–H and O–H groups in total. The van der Waals surface area contributed by atoms with E-state index < -0.39 is 0 Å². The minimum atomic E-state index is 0. The van der Waals surface area contributed by atoms with Crippen molar-refractivity contribution in [2.45, 2.75) is 0 Å². The SMILES string of the molecule is C#CNCCN.[LiH]. The van der Waals surface area contributed by atoms with Crippen LogP contribution in [-0.2, 0) is 0 Å². The number of hydrogen-bond acceptors (Lipinski definition) is 2. The van der Waals surface area contributed by atoms with E-state index >= 15 is 0 Å². The molecule has 0 fully saturated rings. The molecule has 0 unspecified atom stereocenters. The summed E-state index contributed by atoms with van der Waals surface area (Å²) in [6.07, 6.45) is 4.80. The Hall–Kier alpha value is -0.0826. The fraction of sp³-hybridized carbons (Fsp3) is 0.500. The fourth-order valence-electron chi connectivity index (χ4n) is 0.144. The van der Waals surface area contributed by atoms with Gasteiger partial charge in [-0.3, -0.25) is 0 Å². The molecule has 0 aromatic carbocycles. The topological polar surface area (TPSA) is 38.0 Å². The molecule has 0 aliphatic carbocycles. The zero-order valence-corrected chi connectivity index (χ0v) is 3.57. The first-order valence-electron chi connectivity index (χ1n) is 1.80. The Balaban J connectivity index is 0. The van der Waals surface area contributed by atoms with E-state index in [0.29, 0.717) is 13.1 Å². The van der Waals surface area contributed by atoms with Gasteiger partial charge in [0.25, 0.3) is 0 Å². The second kappa shape index (κ2) is 9.32. The number of nitrogens with two attached hydrogens (primary N) is 1. The first kappa shape index (κ1) is 10.0. The molecule has 0 bridgehead atoms. The number of rotatable bonds is 2. The first-order chi connectivity index (χ1) is 2.91. The van der Waals surface area contributed by atoms with Gasteiger partial charge in [0.15, 0.2) is 0 Å². The van der Waals surface area contributed by atoms with Crippen molar-refractivity contribution in [3.63, 3.8) is 0 Å². The van der Waals surface area contributed by atoms with Gasteiger partial charge in [0, 0.05) is 19.1 Å². The third kappa shape index (κ3) is 10.7. The van der Waals surface area contributed by atoms with E-state index in [-0.39, 0.29) is 18.9 Å². The van der Waals surface area contributed by atoms with Gasteiger partial charge in [0.05, 0.1) is 0 Å². The van der Waals surface area contributed by atoms with Crippen LogP contribution in [-0.4, -0.2) is 32.0 Å². The number of nitrogens with one attached hydrogen (secondary N) is 1. The standard InChI is InChI=1S/C4H8N2.Li.H/c1-2-6-4-3-5;;/h1,6H,3-5H2;;. The van der Waals surface area contributed by atoms with Gasteiger partial charge in [0.1, 0.15) is 0 Å². The molecule has 7 heavy (non-hydrogen) atoms. The predicted molar refractivity (Wildman–Crippen MR) is 33.0 cm³/mol. The Labute approximate surface area is 56.0 Å². The van der Waals surface area contributed by atoms with E-state index in [0.717, 1.165) is 0 Å². The quantitative estimate of drug-likeness (QED) is 0.188. The maximum absolute atomic E-state index is 5.06. The summed E-state index contributed by atoms with van der Waals surface area (Å²) >= 11 is 0. The van der Waals surface area contributed by atoms with E-state index in [2.05, 4.69) is 11.4 Å². The van der Waals surface area contributed by atoms with Crippen molar-refractivity contribution in [1.29, 1.82) is 0 Å². The molecule has 2 nitrogen and oxygen atoms in total. The average Bonchev–Trinajstić information content (AvgIpc) is 1.61. The molecule has 0 saturated carbocycles. The molecule has 0 heterocycles. The molecule has 0 atom stereocenters. The van der Waals surface area contributed by atoms with Gasteiger partial charge in [-0.25, -0.2) is 0 Å². The Morgan fingerprint density at radius 2 is 2.29 bits per heavy atom. The van der Waals surface area contributed by atoms with E-state index in [1.165, 1.54) is 0 Å². The molecule has 0 radical (unpaired) electrons. The summed E-state index contributed by atoms with van der Waals surface area (Å²) in [5.41, 5.74) is 5.06. The van der Waals surface area contributed by atoms with Crippen LogP contribution in [0.15, 0.2) is 0 Å². The van der Waals surface area contributed by atoms with Crippen LogP contribution in [0.2, 0.25) is 0 Å². The van der Waals surface area contributed by atoms with Crippen LogP contribution in [0.25, 0.3) is 0 Å². The third-order valence-corrected chi connectivity index (χ3v) is 0.371. The van der Waals surface area contributed by atoms with Crippen molar-refractivity contribution in [2.75, 3.05) is 13.1 Å². The van der Waals surface area contributed by atoms with Gasteiger partial charge in [-0.2, -0.15) is 0 Å². The zero-order chi connectivity index (χ0) is 4.83. The number of terminal acetylenes is 1. The molecular weight excluding hydrogens is 83.0 g/mol. The van der Waals surface area contributed by atoms with Gasteiger partial charge in [-0.1, -0.05) is 6.42 Å². The van der Waals surface area contributed by atoms with Crippen LogP contribution < -0.4 is 11.1 Å². The van der Waals surface area contributed by atoms with Gasteiger partial charge in [0.2, 0.25) is 0 Å². The van der Waals surface area contributed by atoms with Crippen molar-refractivity contribution < 1.29 is 0 Å². The molecule has 0 aliphatic heterocycles. The molecule has 0 aromatic heterocycles. The zero-order valence-electron chi connectivity index (χ0n) is 3.57. The van der Waals surface area contributed by atoms with E-state index in [1.807, 2.05) is 0 Å². The van der Waals surface area contributed by atoms with Crippen molar-refractivity contribution in [3.05, 3.63) is 0 Å². The number of hydrogen-bond donors (Lipinski definition) is 2. The van der Waals surface area contributed by atoms with Crippen molar-refractivity contribution in [1.82, 2.24) is 5.32 Å². The summed E-state index contributed by atoms with van der Waals surface area (Å²) in [5, 5.41) is 2.60. The van der Waals surface area contributed by atoms with Crippen LogP contribution in [0.5, 0.6) is 0 Å². The summed E-state index contributed by atoms with van der Waals surface area (Å²) in [6.45, 7) is 1.31. The Bertz CT molecular complexity index is 57.2. The summed E-state index contributed by atoms with van der Waals surface area (Å²) < 4.78 is 0. The molecule has 0 rings (SSSR count). The van der Waals surface area contributed by atoms with Crippen LogP contribution in [0.3, 0.4) is 0 Å². The second-order valence-corrected chi connectivity index (χ2v) is 0.860. The van der Waals surface area contributed by atoms with Crippen LogP contribution >= 0.6 is 0 Å². The molecule has 3 heteroatoms. The van der Waals surface area contributed by atoms with E-state index in [1.54, 1.807) is 0 Å². The molecule has 0 spiro atoms. The van der Waals surface area contributed by atoms with Crippen LogP contribution in [0, 0.1) is 12.5 Å². The average molecular weight is 92.1 g/mol. The van der Waals surface area contributed by atoms with Gasteiger partial charge < -0.3 is 11.1 Å². The summed E-state index contributed by atoms with van der Waals surface area (Å²) in [6, 6.07) is 2.24. The summed E-state index contributed by atoms with van der Waals surface area (Å²) in [5.74, 6) is 0. The Morgan fingerprint density at radius 3 is 2.43 bits per heavy atom.